The molecule has 4 fully saturated rings. The van der Waals surface area contributed by atoms with Gasteiger partial charge in [0.1, 0.15) is 18.3 Å². The van der Waals surface area contributed by atoms with Crippen LogP contribution in [0.25, 0.3) is 0 Å². The minimum atomic E-state index is -1.30. The van der Waals surface area contributed by atoms with E-state index >= 15 is 0 Å². The Hall–Kier alpha value is -0.400. The quantitative estimate of drug-likeness (QED) is 0.217. The van der Waals surface area contributed by atoms with Crippen molar-refractivity contribution in [1.29, 1.82) is 0 Å². The molecule has 14 atom stereocenters. The van der Waals surface area contributed by atoms with E-state index in [1.807, 2.05) is 6.92 Å². The van der Waals surface area contributed by atoms with E-state index in [9.17, 15) is 25.5 Å². The van der Waals surface area contributed by atoms with Gasteiger partial charge in [0, 0.05) is 12.5 Å². The summed E-state index contributed by atoms with van der Waals surface area (Å²) in [5.74, 6) is 0.706. The van der Waals surface area contributed by atoms with Gasteiger partial charge in [-0.05, 0) is 55.9 Å². The molecule has 8 N–H and O–H groups in total. The van der Waals surface area contributed by atoms with Gasteiger partial charge in [0.05, 0.1) is 43.2 Å². The molecule has 0 aromatic heterocycles. The van der Waals surface area contributed by atoms with Gasteiger partial charge < -0.3 is 50.8 Å². The van der Waals surface area contributed by atoms with Crippen molar-refractivity contribution < 1.29 is 39.7 Å². The molecule has 0 bridgehead atoms. The van der Waals surface area contributed by atoms with Crippen molar-refractivity contribution in [2.24, 2.45) is 35.3 Å². The number of ether oxygens (including phenoxy) is 3. The summed E-state index contributed by atoms with van der Waals surface area (Å²) in [6, 6.07) is -1.04. The lowest BCUT2D eigenvalue weighted by Crippen LogP contribution is -2.64. The molecule has 2 saturated carbocycles. The molecule has 2 heterocycles. The molecule has 0 amide bonds. The van der Waals surface area contributed by atoms with Crippen LogP contribution in [0.3, 0.4) is 0 Å². The molecule has 2 aliphatic heterocycles. The molecule has 10 nitrogen and oxygen atoms in total. The predicted octanol–water partition coefficient (Wildman–Crippen LogP) is -1.05. The van der Waals surface area contributed by atoms with Crippen molar-refractivity contribution >= 4 is 0 Å². The van der Waals surface area contributed by atoms with E-state index < -0.39 is 55.6 Å². The number of aliphatic hydroxyl groups excluding tert-OH is 5. The Morgan fingerprint density at radius 3 is 2.23 bits per heavy atom. The van der Waals surface area contributed by atoms with E-state index in [0.717, 1.165) is 18.9 Å². The van der Waals surface area contributed by atoms with Crippen molar-refractivity contribution in [3.05, 3.63) is 0 Å². The van der Waals surface area contributed by atoms with Crippen molar-refractivity contribution in [3.63, 3.8) is 0 Å². The first-order chi connectivity index (χ1) is 16.6. The second-order valence-corrected chi connectivity index (χ2v) is 11.7. The zero-order chi connectivity index (χ0) is 25.4. The van der Waals surface area contributed by atoms with Crippen LogP contribution < -0.4 is 11.1 Å². The predicted molar refractivity (Wildman–Crippen MR) is 127 cm³/mol. The molecule has 204 valence electrons. The highest BCUT2D eigenvalue weighted by Gasteiger charge is 2.52. The maximum atomic E-state index is 11.6. The highest BCUT2D eigenvalue weighted by molar-refractivity contribution is 4.99. The van der Waals surface area contributed by atoms with Crippen LogP contribution in [-0.2, 0) is 14.2 Å². The zero-order valence-corrected chi connectivity index (χ0v) is 21.1. The maximum absolute atomic E-state index is 11.6. The standard InChI is InChI=1S/C25H46N2O8/c1-11-6-12(2)24(35-25-22(32)19(26)20(30)17(10-28)34-25)21(31)18(11)23-13(3)7-15(29)16(33-23)9-27-8-14-4-5-14/h11-25,27-32H,4-10,26H2,1-3H3. The SMILES string of the molecule is CC1CC(C)C(C2OC(CNCC3CC3)C(O)CC2C)C(O)C1OC1OC(CO)C(O)C(N)C1O. The zero-order valence-electron chi connectivity index (χ0n) is 21.1. The van der Waals surface area contributed by atoms with Crippen LogP contribution in [0.2, 0.25) is 0 Å². The van der Waals surface area contributed by atoms with Crippen LogP contribution in [0.1, 0.15) is 46.5 Å². The van der Waals surface area contributed by atoms with Crippen LogP contribution in [0.4, 0.5) is 0 Å². The lowest BCUT2D eigenvalue weighted by molar-refractivity contribution is -0.312. The Morgan fingerprint density at radius 1 is 0.857 bits per heavy atom. The number of hydrogen-bond acceptors (Lipinski definition) is 10. The topological polar surface area (TPSA) is 167 Å². The third-order valence-electron chi connectivity index (χ3n) is 8.71. The van der Waals surface area contributed by atoms with E-state index in [1.165, 1.54) is 12.8 Å². The fourth-order valence-corrected chi connectivity index (χ4v) is 6.39. The second-order valence-electron chi connectivity index (χ2n) is 11.7. The van der Waals surface area contributed by atoms with Gasteiger partial charge in [-0.1, -0.05) is 20.8 Å². The van der Waals surface area contributed by atoms with Crippen LogP contribution >= 0.6 is 0 Å². The van der Waals surface area contributed by atoms with E-state index in [0.29, 0.717) is 13.0 Å². The summed E-state index contributed by atoms with van der Waals surface area (Å²) in [5, 5.41) is 55.9. The minimum Gasteiger partial charge on any atom is -0.394 e. The second kappa shape index (κ2) is 11.6. The minimum absolute atomic E-state index is 0.0248. The van der Waals surface area contributed by atoms with Crippen LogP contribution in [-0.4, -0.2) is 106 Å². The summed E-state index contributed by atoms with van der Waals surface area (Å²) in [5.41, 5.74) is 5.94. The molecule has 0 aromatic rings. The fourth-order valence-electron chi connectivity index (χ4n) is 6.39. The summed E-state index contributed by atoms with van der Waals surface area (Å²) >= 11 is 0. The van der Waals surface area contributed by atoms with Gasteiger partial charge in [0.25, 0.3) is 0 Å². The van der Waals surface area contributed by atoms with Crippen molar-refractivity contribution in [2.75, 3.05) is 19.7 Å². The average molecular weight is 503 g/mol. The lowest BCUT2D eigenvalue weighted by atomic mass is 9.66. The van der Waals surface area contributed by atoms with Gasteiger partial charge in [0.2, 0.25) is 0 Å². The van der Waals surface area contributed by atoms with Crippen molar-refractivity contribution in [2.45, 2.75) is 108 Å². The monoisotopic (exact) mass is 502 g/mol. The van der Waals surface area contributed by atoms with Crippen LogP contribution in [0.5, 0.6) is 0 Å². The number of nitrogens with one attached hydrogen (secondary N) is 1. The third kappa shape index (κ3) is 6.03. The molecular weight excluding hydrogens is 456 g/mol. The molecule has 10 heteroatoms. The van der Waals surface area contributed by atoms with Crippen LogP contribution in [0, 0.1) is 29.6 Å². The largest absolute Gasteiger partial charge is 0.394 e. The molecule has 4 rings (SSSR count). The van der Waals surface area contributed by atoms with Crippen molar-refractivity contribution in [1.82, 2.24) is 5.32 Å². The maximum Gasteiger partial charge on any atom is 0.186 e. The first kappa shape index (κ1) is 27.6. The smallest absolute Gasteiger partial charge is 0.186 e. The molecule has 0 spiro atoms. The van der Waals surface area contributed by atoms with E-state index in [4.69, 9.17) is 19.9 Å². The van der Waals surface area contributed by atoms with E-state index in [2.05, 4.69) is 19.2 Å². The Morgan fingerprint density at radius 2 is 1.57 bits per heavy atom. The molecule has 2 saturated heterocycles. The summed E-state index contributed by atoms with van der Waals surface area (Å²) in [7, 11) is 0. The number of hydrogen-bond donors (Lipinski definition) is 7. The third-order valence-corrected chi connectivity index (χ3v) is 8.71. The molecule has 2 aliphatic carbocycles. The summed E-state index contributed by atoms with van der Waals surface area (Å²) in [6.45, 7) is 7.22. The molecular formula is C25H46N2O8. The fraction of sp³-hybridized carbons (Fsp3) is 1.00. The molecule has 0 aromatic carbocycles. The first-order valence-corrected chi connectivity index (χ1v) is 13.4. The molecule has 14 unspecified atom stereocenters. The van der Waals surface area contributed by atoms with Gasteiger partial charge in [-0.15, -0.1) is 0 Å². The Balaban J connectivity index is 1.44. The Kier molecular flexibility index (Phi) is 9.12. The van der Waals surface area contributed by atoms with Gasteiger partial charge in [-0.25, -0.2) is 0 Å². The lowest BCUT2D eigenvalue weighted by Gasteiger charge is -2.51. The number of nitrogens with two attached hydrogens (primary N) is 1. The summed E-state index contributed by atoms with van der Waals surface area (Å²) in [4.78, 5) is 0. The number of rotatable bonds is 8. The van der Waals surface area contributed by atoms with Gasteiger partial charge >= 0.3 is 0 Å². The van der Waals surface area contributed by atoms with E-state index in [1.54, 1.807) is 0 Å². The summed E-state index contributed by atoms with van der Waals surface area (Å²) < 4.78 is 18.2. The molecule has 0 radical (unpaired) electrons. The van der Waals surface area contributed by atoms with Gasteiger partial charge in [0.15, 0.2) is 6.29 Å². The first-order valence-electron chi connectivity index (χ1n) is 13.4. The normalized spacial score (nSPS) is 51.3. The van der Waals surface area contributed by atoms with E-state index in [-0.39, 0.29) is 35.9 Å². The Bertz CT molecular complexity index is 682. The number of aliphatic hydroxyl groups is 5. The molecule has 35 heavy (non-hydrogen) atoms. The highest BCUT2D eigenvalue weighted by Crippen LogP contribution is 2.44. The average Bonchev–Trinajstić information content (AvgIpc) is 3.63. The highest BCUT2D eigenvalue weighted by atomic mass is 16.7. The van der Waals surface area contributed by atoms with Gasteiger partial charge in [-0.3, -0.25) is 0 Å². The van der Waals surface area contributed by atoms with Gasteiger partial charge in [-0.2, -0.15) is 0 Å². The summed E-state index contributed by atoms with van der Waals surface area (Å²) in [6.07, 6.45) is -3.43. The molecule has 4 aliphatic rings. The Labute approximate surface area is 208 Å². The van der Waals surface area contributed by atoms with Crippen LogP contribution in [0.15, 0.2) is 0 Å². The van der Waals surface area contributed by atoms with Crippen molar-refractivity contribution in [3.8, 4) is 0 Å².